The maximum atomic E-state index is 10.3. The Labute approximate surface area is 178 Å². The van der Waals surface area contributed by atoms with Crippen molar-refractivity contribution in [3.63, 3.8) is 0 Å². The number of hydrogen-bond acceptors (Lipinski definition) is 7. The summed E-state index contributed by atoms with van der Waals surface area (Å²) in [6.07, 6.45) is 5.35. The van der Waals surface area contributed by atoms with Crippen molar-refractivity contribution in [2.24, 2.45) is 0 Å². The molecule has 30 heavy (non-hydrogen) atoms. The molecule has 0 aliphatic carbocycles. The number of aromatic nitrogens is 1. The number of likely N-dealkylation sites (tertiary alicyclic amines) is 1. The highest BCUT2D eigenvalue weighted by Gasteiger charge is 2.30. The Bertz CT molecular complexity index is 790. The molecular weight excluding hydrogens is 382 g/mol. The van der Waals surface area contributed by atoms with Crippen LogP contribution in [0.15, 0.2) is 34.9 Å². The molecular formula is C23H33N3O4. The molecule has 2 saturated heterocycles. The first-order chi connectivity index (χ1) is 14.7. The molecule has 3 atom stereocenters. The van der Waals surface area contributed by atoms with Gasteiger partial charge in [0.1, 0.15) is 5.75 Å². The average molecular weight is 416 g/mol. The van der Waals surface area contributed by atoms with Crippen LogP contribution >= 0.6 is 0 Å². The van der Waals surface area contributed by atoms with Crippen LogP contribution in [-0.2, 0) is 24.2 Å². The van der Waals surface area contributed by atoms with Gasteiger partial charge >= 0.3 is 0 Å². The number of nitrogens with zero attached hydrogens (tertiary/aromatic N) is 2. The molecule has 0 amide bonds. The molecule has 0 radical (unpaired) electrons. The number of phenolic OH excluding ortho intramolecular Hbond substituents is 1. The topological polar surface area (TPSA) is 91.0 Å². The molecule has 4 rings (SSSR count). The van der Waals surface area contributed by atoms with Gasteiger partial charge in [-0.3, -0.25) is 4.90 Å². The van der Waals surface area contributed by atoms with Crippen LogP contribution in [0.3, 0.4) is 0 Å². The van der Waals surface area contributed by atoms with Crippen molar-refractivity contribution in [1.82, 2.24) is 15.4 Å². The number of aromatic hydroxyl groups is 1. The molecule has 1 aromatic heterocycles. The lowest BCUT2D eigenvalue weighted by Gasteiger charge is -2.34. The highest BCUT2D eigenvalue weighted by molar-refractivity contribution is 5.31. The van der Waals surface area contributed by atoms with E-state index in [9.17, 15) is 10.2 Å². The number of aliphatic hydroxyl groups is 1. The molecule has 0 spiro atoms. The number of ether oxygens (including phenoxy) is 1. The summed E-state index contributed by atoms with van der Waals surface area (Å²) < 4.78 is 11.7. The van der Waals surface area contributed by atoms with Crippen molar-refractivity contribution in [2.75, 3.05) is 19.6 Å². The van der Waals surface area contributed by atoms with Gasteiger partial charge in [0.15, 0.2) is 5.76 Å². The van der Waals surface area contributed by atoms with E-state index in [1.807, 2.05) is 12.1 Å². The van der Waals surface area contributed by atoms with Crippen molar-refractivity contribution < 1.29 is 19.5 Å². The molecule has 2 aliphatic rings. The van der Waals surface area contributed by atoms with Crippen LogP contribution in [-0.4, -0.2) is 58.2 Å². The summed E-state index contributed by atoms with van der Waals surface area (Å²) in [6.45, 7) is 4.17. The van der Waals surface area contributed by atoms with Crippen molar-refractivity contribution in [3.05, 3.63) is 47.3 Å². The second kappa shape index (κ2) is 10.4. The minimum atomic E-state index is -0.481. The SMILES string of the molecule is Oc1ccccc1CNC[C@H]1O[C@H](Cc2cc(CN3CCCCC3)on2)CC[C@@H]1O. The van der Waals surface area contributed by atoms with E-state index in [0.717, 1.165) is 43.1 Å². The van der Waals surface area contributed by atoms with Crippen LogP contribution in [0.1, 0.15) is 49.1 Å². The maximum Gasteiger partial charge on any atom is 0.150 e. The zero-order valence-electron chi connectivity index (χ0n) is 17.5. The first-order valence-corrected chi connectivity index (χ1v) is 11.2. The molecule has 0 bridgehead atoms. The minimum absolute atomic E-state index is 0.0262. The predicted octanol–water partition coefficient (Wildman–Crippen LogP) is 2.61. The number of aliphatic hydroxyl groups excluding tert-OH is 1. The molecule has 2 fully saturated rings. The van der Waals surface area contributed by atoms with Gasteiger partial charge < -0.3 is 24.8 Å². The smallest absolute Gasteiger partial charge is 0.150 e. The highest BCUT2D eigenvalue weighted by atomic mass is 16.5. The summed E-state index contributed by atoms with van der Waals surface area (Å²) in [4.78, 5) is 2.42. The number of hydrogen-bond donors (Lipinski definition) is 3. The first kappa shape index (κ1) is 21.3. The zero-order chi connectivity index (χ0) is 20.8. The molecule has 0 saturated carbocycles. The number of benzene rings is 1. The van der Waals surface area contributed by atoms with Gasteiger partial charge in [0, 0.05) is 31.1 Å². The summed E-state index contributed by atoms with van der Waals surface area (Å²) in [5.41, 5.74) is 1.76. The molecule has 7 nitrogen and oxygen atoms in total. The summed E-state index contributed by atoms with van der Waals surface area (Å²) in [6, 6.07) is 9.32. The molecule has 0 unspecified atom stereocenters. The summed E-state index contributed by atoms with van der Waals surface area (Å²) in [5, 5.41) is 27.7. The second-order valence-electron chi connectivity index (χ2n) is 8.53. The van der Waals surface area contributed by atoms with E-state index < -0.39 is 6.10 Å². The average Bonchev–Trinajstić information content (AvgIpc) is 3.19. The van der Waals surface area contributed by atoms with Crippen LogP contribution in [0.2, 0.25) is 0 Å². The van der Waals surface area contributed by atoms with E-state index >= 15 is 0 Å². The maximum absolute atomic E-state index is 10.3. The van der Waals surface area contributed by atoms with E-state index in [0.29, 0.717) is 25.9 Å². The summed E-state index contributed by atoms with van der Waals surface area (Å²) in [5.74, 6) is 1.20. The fraction of sp³-hybridized carbons (Fsp3) is 0.609. The van der Waals surface area contributed by atoms with Crippen LogP contribution in [0.5, 0.6) is 5.75 Å². The first-order valence-electron chi connectivity index (χ1n) is 11.2. The van der Waals surface area contributed by atoms with E-state index in [4.69, 9.17) is 9.26 Å². The summed E-state index contributed by atoms with van der Waals surface area (Å²) >= 11 is 0. The minimum Gasteiger partial charge on any atom is -0.508 e. The van der Waals surface area contributed by atoms with E-state index in [1.54, 1.807) is 12.1 Å². The Morgan fingerprint density at radius 2 is 1.97 bits per heavy atom. The molecule has 1 aromatic carbocycles. The molecule has 7 heteroatoms. The van der Waals surface area contributed by atoms with Gasteiger partial charge in [-0.15, -0.1) is 0 Å². The lowest BCUT2D eigenvalue weighted by atomic mass is 9.98. The fourth-order valence-corrected chi connectivity index (χ4v) is 4.39. The van der Waals surface area contributed by atoms with Crippen molar-refractivity contribution in [2.45, 2.75) is 69.9 Å². The van der Waals surface area contributed by atoms with E-state index in [-0.39, 0.29) is 18.0 Å². The number of phenols is 1. The predicted molar refractivity (Wildman–Crippen MR) is 113 cm³/mol. The Kier molecular flexibility index (Phi) is 7.38. The van der Waals surface area contributed by atoms with Gasteiger partial charge in [0.25, 0.3) is 0 Å². The molecule has 3 N–H and O–H groups in total. The summed E-state index contributed by atoms with van der Waals surface area (Å²) in [7, 11) is 0. The Morgan fingerprint density at radius 3 is 2.80 bits per heavy atom. The van der Waals surface area contributed by atoms with Gasteiger partial charge in [-0.05, 0) is 44.8 Å². The van der Waals surface area contributed by atoms with E-state index in [2.05, 4.69) is 21.4 Å². The van der Waals surface area contributed by atoms with Crippen LogP contribution in [0.4, 0.5) is 0 Å². The molecule has 2 aromatic rings. The Hall–Kier alpha value is -1.93. The van der Waals surface area contributed by atoms with E-state index in [1.165, 1.54) is 19.3 Å². The highest BCUT2D eigenvalue weighted by Crippen LogP contribution is 2.23. The van der Waals surface area contributed by atoms with Crippen LogP contribution < -0.4 is 5.32 Å². The number of piperidine rings is 1. The number of para-hydroxylation sites is 1. The lowest BCUT2D eigenvalue weighted by molar-refractivity contribution is -0.115. The van der Waals surface area contributed by atoms with Crippen molar-refractivity contribution in [3.8, 4) is 5.75 Å². The number of rotatable bonds is 8. The molecule has 164 valence electrons. The van der Waals surface area contributed by atoms with Crippen molar-refractivity contribution in [1.29, 1.82) is 0 Å². The monoisotopic (exact) mass is 415 g/mol. The third-order valence-corrected chi connectivity index (χ3v) is 6.11. The largest absolute Gasteiger partial charge is 0.508 e. The Balaban J connectivity index is 1.24. The molecule has 3 heterocycles. The Morgan fingerprint density at radius 1 is 1.13 bits per heavy atom. The number of nitrogens with one attached hydrogen (secondary N) is 1. The van der Waals surface area contributed by atoms with Gasteiger partial charge in [0.05, 0.1) is 30.6 Å². The fourth-order valence-electron chi connectivity index (χ4n) is 4.39. The quantitative estimate of drug-likeness (QED) is 0.610. The zero-order valence-corrected chi connectivity index (χ0v) is 17.5. The molecule has 2 aliphatic heterocycles. The standard InChI is InChI=1S/C23H33N3O4/c27-21-7-3-2-6-17(21)14-24-15-23-22(28)9-8-19(29-23)12-18-13-20(30-25-18)16-26-10-4-1-5-11-26/h2-3,6-7,13,19,22-24,27-28H,1,4-5,8-12,14-16H2/t19-,22-,23+/m0/s1. The van der Waals surface area contributed by atoms with Gasteiger partial charge in [-0.2, -0.15) is 0 Å². The third-order valence-electron chi connectivity index (χ3n) is 6.11. The lowest BCUT2D eigenvalue weighted by Crippen LogP contribution is -2.45. The van der Waals surface area contributed by atoms with Crippen LogP contribution in [0.25, 0.3) is 0 Å². The third kappa shape index (κ3) is 5.82. The van der Waals surface area contributed by atoms with Gasteiger partial charge in [-0.25, -0.2) is 0 Å². The van der Waals surface area contributed by atoms with Crippen LogP contribution in [0, 0.1) is 0 Å². The van der Waals surface area contributed by atoms with Gasteiger partial charge in [0.2, 0.25) is 0 Å². The normalized spacial score (nSPS) is 25.4. The van der Waals surface area contributed by atoms with Gasteiger partial charge in [-0.1, -0.05) is 29.8 Å². The second-order valence-corrected chi connectivity index (χ2v) is 8.53. The van der Waals surface area contributed by atoms with Crippen molar-refractivity contribution >= 4 is 0 Å².